The number of rotatable bonds is 3. The minimum Gasteiger partial charge on any atom is -0.309 e. The van der Waals surface area contributed by atoms with Crippen molar-refractivity contribution < 1.29 is 35.1 Å². The standard InChI is InChI=1S/C38H20F8N2/c1-19-16-20(31-32(39)34(41)36(43)35(42)33(31)40)17-26(38(44,45)46)37(19)48-29-13-7-4-10-24(29)25-18-21(14-15-30(25)48)47-27-11-5-2-8-22(27)23-9-3-6-12-28(23)47/h2-18H,1H3. The Labute approximate surface area is 266 Å². The molecule has 6 aromatic carbocycles. The lowest BCUT2D eigenvalue weighted by atomic mass is 9.96. The lowest BCUT2D eigenvalue weighted by Gasteiger charge is -2.21. The van der Waals surface area contributed by atoms with Gasteiger partial charge in [0.05, 0.1) is 38.9 Å². The van der Waals surface area contributed by atoms with E-state index in [2.05, 4.69) is 4.57 Å². The van der Waals surface area contributed by atoms with Crippen LogP contribution in [0.3, 0.4) is 0 Å². The molecule has 8 aromatic rings. The van der Waals surface area contributed by atoms with Gasteiger partial charge >= 0.3 is 6.18 Å². The fourth-order valence-corrected chi connectivity index (χ4v) is 6.84. The highest BCUT2D eigenvalue weighted by Crippen LogP contribution is 2.44. The third-order valence-corrected chi connectivity index (χ3v) is 8.82. The van der Waals surface area contributed by atoms with Crippen LogP contribution in [-0.2, 0) is 6.18 Å². The van der Waals surface area contributed by atoms with E-state index in [-0.39, 0.29) is 11.3 Å². The number of alkyl halides is 3. The Morgan fingerprint density at radius 3 is 1.48 bits per heavy atom. The topological polar surface area (TPSA) is 9.86 Å². The molecule has 0 spiro atoms. The number of fused-ring (bicyclic) bond motifs is 6. The quantitative estimate of drug-likeness (QED) is 0.102. The first-order valence-electron chi connectivity index (χ1n) is 14.7. The summed E-state index contributed by atoms with van der Waals surface area (Å²) in [5.41, 5.74) is -0.490. The van der Waals surface area contributed by atoms with Crippen molar-refractivity contribution in [1.29, 1.82) is 0 Å². The average Bonchev–Trinajstić information content (AvgIpc) is 3.58. The highest BCUT2D eigenvalue weighted by molar-refractivity contribution is 6.12. The lowest BCUT2D eigenvalue weighted by Crippen LogP contribution is -2.13. The van der Waals surface area contributed by atoms with Crippen molar-refractivity contribution in [2.75, 3.05) is 0 Å². The molecule has 2 heterocycles. The van der Waals surface area contributed by atoms with Crippen molar-refractivity contribution in [2.45, 2.75) is 13.1 Å². The van der Waals surface area contributed by atoms with Crippen LogP contribution < -0.4 is 0 Å². The fraction of sp³-hybridized carbons (Fsp3) is 0.0526. The molecule has 10 heteroatoms. The van der Waals surface area contributed by atoms with E-state index in [0.29, 0.717) is 27.9 Å². The van der Waals surface area contributed by atoms with Crippen molar-refractivity contribution in [3.8, 4) is 22.5 Å². The molecule has 0 aliphatic heterocycles. The molecule has 0 bridgehead atoms. The van der Waals surface area contributed by atoms with Gasteiger partial charge in [0.2, 0.25) is 5.82 Å². The van der Waals surface area contributed by atoms with Crippen molar-refractivity contribution in [3.05, 3.63) is 143 Å². The first-order valence-corrected chi connectivity index (χ1v) is 14.7. The van der Waals surface area contributed by atoms with Crippen molar-refractivity contribution in [1.82, 2.24) is 9.13 Å². The summed E-state index contributed by atoms with van der Waals surface area (Å²) in [5.74, 6) is -11.3. The summed E-state index contributed by atoms with van der Waals surface area (Å²) in [6, 6.07) is 29.5. The Hall–Kier alpha value is -5.64. The maximum absolute atomic E-state index is 14.9. The molecule has 238 valence electrons. The number of hydrogen-bond acceptors (Lipinski definition) is 0. The molecule has 0 N–H and O–H groups in total. The highest BCUT2D eigenvalue weighted by atomic mass is 19.4. The van der Waals surface area contributed by atoms with Gasteiger partial charge in [0.15, 0.2) is 23.3 Å². The molecule has 8 rings (SSSR count). The van der Waals surface area contributed by atoms with Crippen LogP contribution in [0.5, 0.6) is 0 Å². The molecular weight excluding hydrogens is 636 g/mol. The van der Waals surface area contributed by atoms with Crippen LogP contribution in [0.4, 0.5) is 35.1 Å². The summed E-state index contributed by atoms with van der Waals surface area (Å²) in [4.78, 5) is 0. The Morgan fingerprint density at radius 1 is 0.479 bits per heavy atom. The first kappa shape index (κ1) is 29.7. The molecule has 0 aliphatic rings. The molecule has 0 fully saturated rings. The van der Waals surface area contributed by atoms with Crippen LogP contribution in [0.25, 0.3) is 66.1 Å². The summed E-state index contributed by atoms with van der Waals surface area (Å²) in [6.45, 7) is 1.30. The zero-order valence-electron chi connectivity index (χ0n) is 24.7. The fourth-order valence-electron chi connectivity index (χ4n) is 6.84. The summed E-state index contributed by atoms with van der Waals surface area (Å²) >= 11 is 0. The molecule has 2 nitrogen and oxygen atoms in total. The van der Waals surface area contributed by atoms with E-state index in [1.165, 1.54) is 11.5 Å². The van der Waals surface area contributed by atoms with E-state index < -0.39 is 52.0 Å². The Morgan fingerprint density at radius 2 is 0.938 bits per heavy atom. The highest BCUT2D eigenvalue weighted by Gasteiger charge is 2.37. The second kappa shape index (κ2) is 10.4. The predicted molar refractivity (Wildman–Crippen MR) is 170 cm³/mol. The van der Waals surface area contributed by atoms with E-state index in [9.17, 15) is 35.1 Å². The van der Waals surface area contributed by atoms with Gasteiger partial charge in [0.1, 0.15) is 0 Å². The van der Waals surface area contributed by atoms with E-state index in [1.54, 1.807) is 30.3 Å². The van der Waals surface area contributed by atoms with E-state index in [4.69, 9.17) is 0 Å². The molecule has 0 amide bonds. The number of halogens is 8. The first-order chi connectivity index (χ1) is 23.0. The molecule has 48 heavy (non-hydrogen) atoms. The lowest BCUT2D eigenvalue weighted by molar-refractivity contribution is -0.137. The minimum atomic E-state index is -5.08. The van der Waals surface area contributed by atoms with Crippen LogP contribution in [0.2, 0.25) is 0 Å². The maximum atomic E-state index is 14.9. The Kier molecular flexibility index (Phi) is 6.46. The Bertz CT molecular complexity index is 2550. The molecule has 2 aromatic heterocycles. The van der Waals surface area contributed by atoms with Gasteiger partial charge in [-0.2, -0.15) is 13.2 Å². The van der Waals surface area contributed by atoms with Crippen LogP contribution >= 0.6 is 0 Å². The molecule has 0 saturated carbocycles. The largest absolute Gasteiger partial charge is 0.418 e. The maximum Gasteiger partial charge on any atom is 0.418 e. The molecule has 0 saturated heterocycles. The van der Waals surface area contributed by atoms with Gasteiger partial charge in [-0.05, 0) is 66.6 Å². The number of hydrogen-bond donors (Lipinski definition) is 0. The normalized spacial score (nSPS) is 12.3. The van der Waals surface area contributed by atoms with Gasteiger partial charge in [0.25, 0.3) is 0 Å². The second-order valence-corrected chi connectivity index (χ2v) is 11.6. The number of aromatic nitrogens is 2. The SMILES string of the molecule is Cc1cc(-c2c(F)c(F)c(F)c(F)c2F)cc(C(F)(F)F)c1-n1c2ccccc2c2cc(-n3c4ccccc4c4ccccc43)ccc21. The van der Waals surface area contributed by atoms with Crippen molar-refractivity contribution in [2.24, 2.45) is 0 Å². The van der Waals surface area contributed by atoms with Gasteiger partial charge in [-0.1, -0.05) is 54.6 Å². The third kappa shape index (κ3) is 4.18. The third-order valence-electron chi connectivity index (χ3n) is 8.82. The van der Waals surface area contributed by atoms with Crippen molar-refractivity contribution >= 4 is 43.6 Å². The van der Waals surface area contributed by atoms with E-state index in [0.717, 1.165) is 33.6 Å². The number of aryl methyl sites for hydroxylation is 1. The second-order valence-electron chi connectivity index (χ2n) is 11.6. The van der Waals surface area contributed by atoms with Crippen LogP contribution in [-0.4, -0.2) is 9.13 Å². The molecule has 0 atom stereocenters. The Balaban J connectivity index is 1.42. The number of nitrogens with zero attached hydrogens (tertiary/aromatic N) is 2. The van der Waals surface area contributed by atoms with Crippen molar-refractivity contribution in [3.63, 3.8) is 0 Å². The summed E-state index contributed by atoms with van der Waals surface area (Å²) in [6.07, 6.45) is -5.08. The van der Waals surface area contributed by atoms with Crippen LogP contribution in [0.15, 0.2) is 103 Å². The van der Waals surface area contributed by atoms with Gasteiger partial charge in [-0.3, -0.25) is 0 Å². The summed E-state index contributed by atoms with van der Waals surface area (Å²) in [7, 11) is 0. The van der Waals surface area contributed by atoms with E-state index >= 15 is 0 Å². The number of benzene rings is 6. The predicted octanol–water partition coefficient (Wildman–Crippen LogP) is 11.6. The monoisotopic (exact) mass is 656 g/mol. The summed E-state index contributed by atoms with van der Waals surface area (Å²) in [5, 5.41) is 3.36. The van der Waals surface area contributed by atoms with Gasteiger partial charge in [0, 0.05) is 27.2 Å². The van der Waals surface area contributed by atoms with Gasteiger partial charge < -0.3 is 9.13 Å². The zero-order chi connectivity index (χ0) is 33.6. The van der Waals surface area contributed by atoms with Gasteiger partial charge in [-0.25, -0.2) is 22.0 Å². The average molecular weight is 657 g/mol. The van der Waals surface area contributed by atoms with Gasteiger partial charge in [-0.15, -0.1) is 0 Å². The zero-order valence-corrected chi connectivity index (χ0v) is 24.7. The van der Waals surface area contributed by atoms with E-state index in [1.807, 2.05) is 60.7 Å². The molecule has 0 unspecified atom stereocenters. The minimum absolute atomic E-state index is 0.0992. The van der Waals surface area contributed by atoms with Crippen LogP contribution in [0.1, 0.15) is 11.1 Å². The molecular formula is C38H20F8N2. The smallest absolute Gasteiger partial charge is 0.309 e. The number of para-hydroxylation sites is 3. The molecule has 0 radical (unpaired) electrons. The summed E-state index contributed by atoms with van der Waals surface area (Å²) < 4.78 is 120. The molecule has 0 aliphatic carbocycles. The van der Waals surface area contributed by atoms with Crippen LogP contribution in [0, 0.1) is 36.0 Å².